The molecule has 0 spiro atoms. The lowest BCUT2D eigenvalue weighted by Gasteiger charge is -2.31. The average Bonchev–Trinajstić information content (AvgIpc) is 2.85. The van der Waals surface area contributed by atoms with Crippen LogP contribution in [0.2, 0.25) is 0 Å². The first-order valence-electron chi connectivity index (χ1n) is 12.3. The zero-order valence-electron chi connectivity index (χ0n) is 20.6. The number of hydrogen-bond acceptors (Lipinski definition) is 5. The highest BCUT2D eigenvalue weighted by Crippen LogP contribution is 2.25. The number of rotatable bonds is 11. The maximum absolute atomic E-state index is 12.8. The van der Waals surface area contributed by atoms with Gasteiger partial charge in [-0.25, -0.2) is 8.42 Å². The number of carbonyl (C=O) groups is 1. The number of carbonyl (C=O) groups excluding carboxylic acids is 1. The number of amides is 1. The van der Waals surface area contributed by atoms with Gasteiger partial charge in [0, 0.05) is 37.1 Å². The van der Waals surface area contributed by atoms with Gasteiger partial charge in [0.15, 0.2) is 0 Å². The van der Waals surface area contributed by atoms with E-state index in [4.69, 9.17) is 0 Å². The van der Waals surface area contributed by atoms with E-state index in [1.54, 1.807) is 18.2 Å². The number of sulfonamides is 1. The second kappa shape index (κ2) is 12.3. The average molecular weight is 487 g/mol. The van der Waals surface area contributed by atoms with Crippen molar-refractivity contribution in [3.05, 3.63) is 54.1 Å². The highest BCUT2D eigenvalue weighted by atomic mass is 32.2. The molecule has 2 aromatic carbocycles. The van der Waals surface area contributed by atoms with Gasteiger partial charge in [-0.1, -0.05) is 57.4 Å². The van der Waals surface area contributed by atoms with Gasteiger partial charge in [-0.05, 0) is 49.7 Å². The Bertz CT molecular complexity index is 1050. The van der Waals surface area contributed by atoms with Gasteiger partial charge in [0.1, 0.15) is 0 Å². The van der Waals surface area contributed by atoms with E-state index in [1.165, 1.54) is 42.5 Å². The molecule has 2 aromatic rings. The van der Waals surface area contributed by atoms with Gasteiger partial charge in [-0.15, -0.1) is 0 Å². The quantitative estimate of drug-likeness (QED) is 0.488. The van der Waals surface area contributed by atoms with E-state index in [-0.39, 0.29) is 17.3 Å². The Morgan fingerprint density at radius 1 is 1.00 bits per heavy atom. The van der Waals surface area contributed by atoms with Gasteiger partial charge in [0.25, 0.3) is 0 Å². The molecule has 1 aliphatic carbocycles. The molecule has 0 bridgehead atoms. The fourth-order valence-corrected chi connectivity index (χ4v) is 6.08. The van der Waals surface area contributed by atoms with Crippen molar-refractivity contribution in [2.24, 2.45) is 0 Å². The summed E-state index contributed by atoms with van der Waals surface area (Å²) in [7, 11) is -1.40. The number of hydrogen-bond donors (Lipinski definition) is 2. The summed E-state index contributed by atoms with van der Waals surface area (Å²) in [5.74, 6) is -0.229. The predicted molar refractivity (Wildman–Crippen MR) is 138 cm³/mol. The van der Waals surface area contributed by atoms with Gasteiger partial charge < -0.3 is 10.6 Å². The van der Waals surface area contributed by atoms with E-state index in [0.29, 0.717) is 24.8 Å². The maximum atomic E-state index is 12.8. The predicted octanol–water partition coefficient (Wildman–Crippen LogP) is 4.53. The molecule has 0 radical (unpaired) electrons. The van der Waals surface area contributed by atoms with Gasteiger partial charge in [-0.3, -0.25) is 9.69 Å². The molecule has 1 amide bonds. The Labute approximate surface area is 204 Å². The summed E-state index contributed by atoms with van der Waals surface area (Å²) >= 11 is 0. The third-order valence-electron chi connectivity index (χ3n) is 6.54. The smallest absolute Gasteiger partial charge is 0.243 e. The molecule has 3 rings (SSSR count). The summed E-state index contributed by atoms with van der Waals surface area (Å²) in [5, 5.41) is 6.07. The number of para-hydroxylation sites is 1. The molecule has 34 heavy (non-hydrogen) atoms. The number of nitrogens with one attached hydrogen (secondary N) is 2. The zero-order valence-corrected chi connectivity index (χ0v) is 21.4. The first-order chi connectivity index (χ1) is 16.3. The molecule has 8 heteroatoms. The Morgan fingerprint density at radius 3 is 2.41 bits per heavy atom. The molecule has 1 saturated carbocycles. The molecule has 0 atom stereocenters. The molecule has 0 heterocycles. The largest absolute Gasteiger partial charge is 0.376 e. The highest BCUT2D eigenvalue weighted by Gasteiger charge is 2.22. The lowest BCUT2D eigenvalue weighted by Crippen LogP contribution is -2.33. The molecule has 0 saturated heterocycles. The van der Waals surface area contributed by atoms with Gasteiger partial charge in [0.05, 0.1) is 11.4 Å². The lowest BCUT2D eigenvalue weighted by atomic mass is 9.94. The second-order valence-corrected chi connectivity index (χ2v) is 10.8. The van der Waals surface area contributed by atoms with Crippen molar-refractivity contribution in [1.29, 1.82) is 0 Å². The van der Waals surface area contributed by atoms with Crippen LogP contribution >= 0.6 is 0 Å². The van der Waals surface area contributed by atoms with Crippen LogP contribution in [-0.2, 0) is 21.4 Å². The van der Waals surface area contributed by atoms with Crippen LogP contribution in [0.4, 0.5) is 11.4 Å². The second-order valence-electron chi connectivity index (χ2n) is 8.88. The van der Waals surface area contributed by atoms with Crippen molar-refractivity contribution in [3.8, 4) is 0 Å². The minimum Gasteiger partial charge on any atom is -0.376 e. The van der Waals surface area contributed by atoms with Crippen molar-refractivity contribution in [3.63, 3.8) is 0 Å². The molecule has 2 N–H and O–H groups in total. The molecule has 0 aliphatic heterocycles. The van der Waals surface area contributed by atoms with Crippen molar-refractivity contribution in [2.45, 2.75) is 63.4 Å². The molecular weight excluding hydrogens is 448 g/mol. The maximum Gasteiger partial charge on any atom is 0.243 e. The molecule has 7 nitrogen and oxygen atoms in total. The van der Waals surface area contributed by atoms with Gasteiger partial charge >= 0.3 is 0 Å². The van der Waals surface area contributed by atoms with Crippen LogP contribution in [0.3, 0.4) is 0 Å². The summed E-state index contributed by atoms with van der Waals surface area (Å²) in [6.45, 7) is 5.34. The van der Waals surface area contributed by atoms with E-state index in [1.807, 2.05) is 32.0 Å². The van der Waals surface area contributed by atoms with Crippen molar-refractivity contribution < 1.29 is 13.2 Å². The first-order valence-corrected chi connectivity index (χ1v) is 13.7. The summed E-state index contributed by atoms with van der Waals surface area (Å²) in [6, 6.07) is 15.1. The summed E-state index contributed by atoms with van der Waals surface area (Å²) in [6.07, 6.45) is 6.43. The van der Waals surface area contributed by atoms with Crippen molar-refractivity contribution in [1.82, 2.24) is 9.21 Å². The topological polar surface area (TPSA) is 81.8 Å². The highest BCUT2D eigenvalue weighted by molar-refractivity contribution is 7.89. The fraction of sp³-hybridized carbons (Fsp3) is 0.500. The normalized spacial score (nSPS) is 15.0. The van der Waals surface area contributed by atoms with Gasteiger partial charge in [0.2, 0.25) is 15.9 Å². The van der Waals surface area contributed by atoms with Crippen molar-refractivity contribution >= 4 is 27.3 Å². The standard InChI is InChI=1S/C26H38N4O3S/c1-4-30(5-2)34(32,33)24-16-11-13-22(18-24)28-26(31)19-27-25-17-10-9-12-21(25)20-29(3)23-14-7-6-8-15-23/h9-13,16-18,23,27H,4-8,14-15,19-20H2,1-3H3,(H,28,31). The van der Waals surface area contributed by atoms with E-state index in [0.717, 1.165) is 17.8 Å². The molecule has 0 unspecified atom stereocenters. The SMILES string of the molecule is CCN(CC)S(=O)(=O)c1cccc(NC(=O)CNc2ccccc2CN(C)C2CCCCC2)c1. The van der Waals surface area contributed by atoms with E-state index >= 15 is 0 Å². The molecular formula is C26H38N4O3S. The number of anilines is 2. The van der Waals surface area contributed by atoms with Crippen LogP contribution in [0.1, 0.15) is 51.5 Å². The third kappa shape index (κ3) is 6.81. The number of nitrogens with zero attached hydrogens (tertiary/aromatic N) is 2. The Morgan fingerprint density at radius 2 is 1.71 bits per heavy atom. The van der Waals surface area contributed by atoms with Gasteiger partial charge in [-0.2, -0.15) is 4.31 Å². The summed E-state index contributed by atoms with van der Waals surface area (Å²) in [5.41, 5.74) is 2.57. The van der Waals surface area contributed by atoms with Crippen molar-refractivity contribution in [2.75, 3.05) is 37.3 Å². The summed E-state index contributed by atoms with van der Waals surface area (Å²) < 4.78 is 27.0. The minimum atomic E-state index is -3.58. The van der Waals surface area contributed by atoms with Crippen LogP contribution in [0.15, 0.2) is 53.4 Å². The molecule has 1 aliphatic rings. The molecule has 1 fully saturated rings. The lowest BCUT2D eigenvalue weighted by molar-refractivity contribution is -0.114. The van der Waals surface area contributed by atoms with E-state index in [9.17, 15) is 13.2 Å². The Hall–Kier alpha value is -2.42. The van der Waals surface area contributed by atoms with Crippen LogP contribution in [0, 0.1) is 0 Å². The van der Waals surface area contributed by atoms with Crippen LogP contribution in [-0.4, -0.2) is 56.3 Å². The monoisotopic (exact) mass is 486 g/mol. The zero-order chi connectivity index (χ0) is 24.6. The molecule has 0 aromatic heterocycles. The fourth-order valence-electron chi connectivity index (χ4n) is 4.58. The third-order valence-corrected chi connectivity index (χ3v) is 8.58. The minimum absolute atomic E-state index is 0.0944. The van der Waals surface area contributed by atoms with E-state index < -0.39 is 10.0 Å². The molecule has 186 valence electrons. The summed E-state index contributed by atoms with van der Waals surface area (Å²) in [4.78, 5) is 15.2. The van der Waals surface area contributed by atoms with Crippen LogP contribution < -0.4 is 10.6 Å². The van der Waals surface area contributed by atoms with E-state index in [2.05, 4.69) is 28.6 Å². The van der Waals surface area contributed by atoms with Crippen LogP contribution in [0.25, 0.3) is 0 Å². The Balaban J connectivity index is 1.61. The number of benzene rings is 2. The first kappa shape index (κ1) is 26.2. The van der Waals surface area contributed by atoms with Crippen LogP contribution in [0.5, 0.6) is 0 Å². The Kier molecular flexibility index (Phi) is 9.50.